The first-order chi connectivity index (χ1) is 14.9. The molecule has 10 nitrogen and oxygen atoms in total. The van der Waals surface area contributed by atoms with Gasteiger partial charge in [0, 0.05) is 17.7 Å². The van der Waals surface area contributed by atoms with E-state index in [9.17, 15) is 31.2 Å². The Morgan fingerprint density at radius 2 is 1.72 bits per heavy atom. The lowest BCUT2D eigenvalue weighted by molar-refractivity contribution is -0.204. The van der Waals surface area contributed by atoms with Gasteiger partial charge >= 0.3 is 12.1 Å². The van der Waals surface area contributed by atoms with E-state index in [1.807, 2.05) is 0 Å². The van der Waals surface area contributed by atoms with Gasteiger partial charge in [0.1, 0.15) is 18.2 Å². The van der Waals surface area contributed by atoms with Gasteiger partial charge in [-0.3, -0.25) is 10.2 Å². The molecule has 0 bridgehead atoms. The van der Waals surface area contributed by atoms with E-state index in [-0.39, 0.29) is 29.4 Å². The van der Waals surface area contributed by atoms with Crippen LogP contribution in [0.3, 0.4) is 0 Å². The molecule has 0 fully saturated rings. The lowest BCUT2D eigenvalue weighted by Crippen LogP contribution is -2.34. The molecule has 0 saturated carbocycles. The molecule has 2 aromatic rings. The first kappa shape index (κ1) is 24.6. The van der Waals surface area contributed by atoms with Gasteiger partial charge < -0.3 is 15.3 Å². The lowest BCUT2D eigenvalue weighted by atomic mass is 10.2. The van der Waals surface area contributed by atoms with Crippen molar-refractivity contribution in [2.45, 2.75) is 11.1 Å². The Kier molecular flexibility index (Phi) is 7.77. The molecule has 2 rings (SSSR count). The van der Waals surface area contributed by atoms with Gasteiger partial charge in [-0.05, 0) is 36.4 Å². The summed E-state index contributed by atoms with van der Waals surface area (Å²) >= 11 is 0. The van der Waals surface area contributed by atoms with Gasteiger partial charge in [-0.2, -0.15) is 18.7 Å². The second-order valence-corrected chi connectivity index (χ2v) is 7.80. The van der Waals surface area contributed by atoms with Crippen LogP contribution in [-0.4, -0.2) is 45.5 Å². The fourth-order valence-electron chi connectivity index (χ4n) is 2.18. The average Bonchev–Trinajstić information content (AvgIpc) is 2.74. The van der Waals surface area contributed by atoms with Gasteiger partial charge in [0.05, 0.1) is 4.90 Å². The molecule has 0 heterocycles. The molecule has 32 heavy (non-hydrogen) atoms. The molecule has 0 unspecified atom stereocenters. The number of carbonyl (C=O) groups is 2. The highest BCUT2D eigenvalue weighted by Crippen LogP contribution is 2.16. The molecule has 0 aliphatic heterocycles. The largest absolute Gasteiger partial charge is 0.493 e. The van der Waals surface area contributed by atoms with E-state index in [0.29, 0.717) is 11.3 Å². The normalized spacial score (nSPS) is 11.5. The third kappa shape index (κ3) is 6.95. The maximum absolute atomic E-state index is 12.3. The fraction of sp³-hybridized carbons (Fsp3) is 0.167. The van der Waals surface area contributed by atoms with Crippen LogP contribution in [0.25, 0.3) is 0 Å². The molecule has 172 valence electrons. The number of ether oxygens (including phenoxy) is 1. The average molecular weight is 474 g/mol. The maximum Gasteiger partial charge on any atom is 0.493 e. The summed E-state index contributed by atoms with van der Waals surface area (Å²) in [5, 5.41) is 7.37. The van der Waals surface area contributed by atoms with E-state index in [1.54, 1.807) is 18.2 Å². The summed E-state index contributed by atoms with van der Waals surface area (Å²) in [4.78, 5) is 25.7. The number of nitrogen functional groups attached to an aromatic ring is 1. The summed E-state index contributed by atoms with van der Waals surface area (Å²) in [6.45, 7) is -0.145. The summed E-state index contributed by atoms with van der Waals surface area (Å²) in [6.07, 6.45) is -5.28. The van der Waals surface area contributed by atoms with Crippen molar-refractivity contribution in [1.29, 1.82) is 5.41 Å². The van der Waals surface area contributed by atoms with E-state index in [0.717, 1.165) is 24.3 Å². The first-order valence-electron chi connectivity index (χ1n) is 8.65. The Labute approximate surface area is 180 Å². The predicted molar refractivity (Wildman–Crippen MR) is 104 cm³/mol. The zero-order valence-corrected chi connectivity index (χ0v) is 16.9. The number of hydrogen-bond donors (Lipinski definition) is 4. The zero-order chi connectivity index (χ0) is 23.9. The van der Waals surface area contributed by atoms with E-state index in [4.69, 9.17) is 15.9 Å². The smallest absolute Gasteiger partial charge is 0.492 e. The predicted octanol–water partition coefficient (Wildman–Crippen LogP) is 1.08. The van der Waals surface area contributed by atoms with Gasteiger partial charge in [0.25, 0.3) is 5.91 Å². The van der Waals surface area contributed by atoms with Crippen LogP contribution < -0.4 is 20.7 Å². The van der Waals surface area contributed by atoms with Crippen LogP contribution in [0.2, 0.25) is 0 Å². The van der Waals surface area contributed by atoms with Gasteiger partial charge in [-0.1, -0.05) is 12.1 Å². The van der Waals surface area contributed by atoms with Crippen LogP contribution >= 0.6 is 0 Å². The molecule has 0 aliphatic carbocycles. The number of nitrogens with two attached hydrogens (primary N) is 1. The van der Waals surface area contributed by atoms with Crippen molar-refractivity contribution in [3.05, 3.63) is 59.7 Å². The molecule has 0 spiro atoms. The molecule has 14 heteroatoms. The van der Waals surface area contributed by atoms with Crippen molar-refractivity contribution < 1.29 is 40.8 Å². The first-order valence-corrected chi connectivity index (χ1v) is 10.1. The minimum Gasteiger partial charge on any atom is -0.492 e. The quantitative estimate of drug-likeness (QED) is 0.193. The molecule has 0 atom stereocenters. The van der Waals surface area contributed by atoms with Crippen molar-refractivity contribution in [3.63, 3.8) is 0 Å². The zero-order valence-electron chi connectivity index (χ0n) is 16.1. The summed E-state index contributed by atoms with van der Waals surface area (Å²) in [5.74, 6) is -3.55. The van der Waals surface area contributed by atoms with Crippen molar-refractivity contribution in [2.75, 3.05) is 13.2 Å². The number of rotatable bonds is 8. The molecule has 0 saturated heterocycles. The molecule has 5 N–H and O–H groups in total. The number of carbonyl (C=O) groups excluding carboxylic acids is 2. The second-order valence-electron chi connectivity index (χ2n) is 6.03. The molecule has 0 aromatic heterocycles. The van der Waals surface area contributed by atoms with Crippen LogP contribution in [0.15, 0.2) is 53.4 Å². The number of amides is 1. The highest BCUT2D eigenvalue weighted by atomic mass is 32.2. The Bertz CT molecular complexity index is 1100. The number of halogens is 3. The van der Waals surface area contributed by atoms with Crippen LogP contribution in [0.4, 0.5) is 13.2 Å². The number of benzene rings is 2. The summed E-state index contributed by atoms with van der Waals surface area (Å²) < 4.78 is 68.4. The van der Waals surface area contributed by atoms with Gasteiger partial charge in [0.2, 0.25) is 10.0 Å². The van der Waals surface area contributed by atoms with Crippen molar-refractivity contribution in [3.8, 4) is 5.75 Å². The summed E-state index contributed by atoms with van der Waals surface area (Å²) in [6, 6.07) is 10.5. The molecule has 1 amide bonds. The fourth-order valence-corrected chi connectivity index (χ4v) is 3.19. The molecular formula is C18H17F3N4O6S. The number of alkyl halides is 3. The van der Waals surface area contributed by atoms with Crippen LogP contribution in [0.5, 0.6) is 5.75 Å². The molecule has 0 aliphatic rings. The van der Waals surface area contributed by atoms with Crippen molar-refractivity contribution in [1.82, 2.24) is 10.2 Å². The van der Waals surface area contributed by atoms with E-state index in [2.05, 4.69) is 9.56 Å². The summed E-state index contributed by atoms with van der Waals surface area (Å²) in [7, 11) is -3.97. The minimum absolute atomic E-state index is 0.0361. The van der Waals surface area contributed by atoms with Crippen LogP contribution in [-0.2, 0) is 19.7 Å². The third-order valence-corrected chi connectivity index (χ3v) is 5.18. The number of amidine groups is 1. The molecular weight excluding hydrogens is 457 g/mol. The summed E-state index contributed by atoms with van der Waals surface area (Å²) in [5.41, 5.74) is 6.90. The topological polar surface area (TPSA) is 161 Å². The maximum atomic E-state index is 12.3. The number of sulfonamides is 1. The minimum atomic E-state index is -5.28. The molecule has 0 radical (unpaired) electrons. The SMILES string of the molecule is N=C(N)c1cccc(OCCNS(=O)(=O)c2ccc(C(=O)NOC(=O)C(F)(F)F)cc2)c1. The number of hydrogen-bond acceptors (Lipinski definition) is 7. The third-order valence-electron chi connectivity index (χ3n) is 3.70. The van der Waals surface area contributed by atoms with Crippen molar-refractivity contribution >= 4 is 27.7 Å². The van der Waals surface area contributed by atoms with Crippen LogP contribution in [0.1, 0.15) is 15.9 Å². The Morgan fingerprint density at radius 3 is 2.31 bits per heavy atom. The Balaban J connectivity index is 1.88. The van der Waals surface area contributed by atoms with Gasteiger partial charge in [0.15, 0.2) is 0 Å². The van der Waals surface area contributed by atoms with E-state index in [1.165, 1.54) is 11.5 Å². The van der Waals surface area contributed by atoms with E-state index >= 15 is 0 Å². The lowest BCUT2D eigenvalue weighted by Gasteiger charge is -2.10. The monoisotopic (exact) mass is 474 g/mol. The van der Waals surface area contributed by atoms with Gasteiger partial charge in [-0.25, -0.2) is 17.9 Å². The highest BCUT2D eigenvalue weighted by molar-refractivity contribution is 7.89. The number of hydroxylamine groups is 1. The van der Waals surface area contributed by atoms with E-state index < -0.39 is 28.1 Å². The highest BCUT2D eigenvalue weighted by Gasteiger charge is 2.42. The van der Waals surface area contributed by atoms with Crippen molar-refractivity contribution in [2.24, 2.45) is 5.73 Å². The molecule has 2 aromatic carbocycles. The second kappa shape index (κ2) is 10.1. The van der Waals surface area contributed by atoms with Gasteiger partial charge in [-0.15, -0.1) is 0 Å². The van der Waals surface area contributed by atoms with Crippen LogP contribution in [0, 0.1) is 5.41 Å². The Hall–Kier alpha value is -3.65. The number of nitrogens with one attached hydrogen (secondary N) is 3. The standard InChI is InChI=1S/C18H17F3N4O6S/c19-18(20,21)17(27)31-25-16(26)11-4-6-14(7-5-11)32(28,29)24-8-9-30-13-3-1-2-12(10-13)15(22)23/h1-7,10,24H,8-9H2,(H3,22,23)(H,25,26). The Morgan fingerprint density at radius 1 is 1.06 bits per heavy atom.